The van der Waals surface area contributed by atoms with Gasteiger partial charge in [-0.3, -0.25) is 0 Å². The van der Waals surface area contributed by atoms with Crippen LogP contribution in [0.3, 0.4) is 0 Å². The third-order valence-corrected chi connectivity index (χ3v) is 2.73. The Morgan fingerprint density at radius 1 is 1.21 bits per heavy atom. The maximum absolute atomic E-state index is 9.58. The summed E-state index contributed by atoms with van der Waals surface area (Å²) < 4.78 is 5.69. The van der Waals surface area contributed by atoms with Crippen molar-refractivity contribution in [2.45, 2.75) is 38.4 Å². The van der Waals surface area contributed by atoms with Crippen LogP contribution >= 0.6 is 0 Å². The maximum Gasteiger partial charge on any atom is 0.124 e. The minimum Gasteiger partial charge on any atom is -0.488 e. The van der Waals surface area contributed by atoms with Crippen molar-refractivity contribution >= 4 is 0 Å². The SMILES string of the molecule is Cc1ccc(OC2CCCC2O)cc1. The molecule has 1 saturated carbocycles. The minimum atomic E-state index is -0.281. The second-order valence-electron chi connectivity index (χ2n) is 3.97. The number of hydrogen-bond donors (Lipinski definition) is 1. The predicted octanol–water partition coefficient (Wildman–Crippen LogP) is 2.29. The van der Waals surface area contributed by atoms with Gasteiger partial charge in [-0.1, -0.05) is 17.7 Å². The van der Waals surface area contributed by atoms with Gasteiger partial charge in [-0.05, 0) is 38.3 Å². The number of rotatable bonds is 2. The first-order valence-corrected chi connectivity index (χ1v) is 5.17. The van der Waals surface area contributed by atoms with Gasteiger partial charge in [0.05, 0.1) is 6.10 Å². The Kier molecular flexibility index (Phi) is 2.73. The largest absolute Gasteiger partial charge is 0.488 e. The van der Waals surface area contributed by atoms with Crippen LogP contribution in [0.2, 0.25) is 0 Å². The molecule has 1 fully saturated rings. The van der Waals surface area contributed by atoms with Crippen LogP contribution < -0.4 is 4.74 Å². The van der Waals surface area contributed by atoms with E-state index in [2.05, 4.69) is 0 Å². The molecule has 2 rings (SSSR count). The average molecular weight is 192 g/mol. The fourth-order valence-electron chi connectivity index (χ4n) is 1.84. The van der Waals surface area contributed by atoms with E-state index in [1.165, 1.54) is 5.56 Å². The van der Waals surface area contributed by atoms with Crippen molar-refractivity contribution in [3.05, 3.63) is 29.8 Å². The van der Waals surface area contributed by atoms with Crippen LogP contribution in [0.4, 0.5) is 0 Å². The molecule has 2 atom stereocenters. The van der Waals surface area contributed by atoms with Crippen LogP contribution in [0.15, 0.2) is 24.3 Å². The monoisotopic (exact) mass is 192 g/mol. The van der Waals surface area contributed by atoms with Crippen molar-refractivity contribution in [1.29, 1.82) is 0 Å². The number of aryl methyl sites for hydroxylation is 1. The van der Waals surface area contributed by atoms with Gasteiger partial charge in [-0.2, -0.15) is 0 Å². The van der Waals surface area contributed by atoms with Crippen molar-refractivity contribution in [2.24, 2.45) is 0 Å². The number of aliphatic hydroxyl groups is 1. The van der Waals surface area contributed by atoms with E-state index in [9.17, 15) is 5.11 Å². The highest BCUT2D eigenvalue weighted by Gasteiger charge is 2.26. The average Bonchev–Trinajstić information content (AvgIpc) is 2.56. The van der Waals surface area contributed by atoms with E-state index >= 15 is 0 Å². The molecule has 0 saturated heterocycles. The molecule has 1 aliphatic carbocycles. The summed E-state index contributed by atoms with van der Waals surface area (Å²) in [4.78, 5) is 0. The molecule has 14 heavy (non-hydrogen) atoms. The summed E-state index contributed by atoms with van der Waals surface area (Å²) in [6.45, 7) is 2.05. The molecule has 0 amide bonds. The molecule has 76 valence electrons. The van der Waals surface area contributed by atoms with Crippen LogP contribution in [0.25, 0.3) is 0 Å². The van der Waals surface area contributed by atoms with Crippen LogP contribution in [0.5, 0.6) is 5.75 Å². The van der Waals surface area contributed by atoms with Gasteiger partial charge in [-0.25, -0.2) is 0 Å². The topological polar surface area (TPSA) is 29.5 Å². The molecule has 2 unspecified atom stereocenters. The van der Waals surface area contributed by atoms with Crippen molar-refractivity contribution in [1.82, 2.24) is 0 Å². The smallest absolute Gasteiger partial charge is 0.124 e. The van der Waals surface area contributed by atoms with Crippen molar-refractivity contribution in [3.8, 4) is 5.75 Å². The third-order valence-electron chi connectivity index (χ3n) is 2.73. The first kappa shape index (κ1) is 9.53. The van der Waals surface area contributed by atoms with Crippen molar-refractivity contribution in [3.63, 3.8) is 0 Å². The van der Waals surface area contributed by atoms with Crippen LogP contribution in [-0.2, 0) is 0 Å². The summed E-state index contributed by atoms with van der Waals surface area (Å²) in [5, 5.41) is 9.58. The molecule has 1 N–H and O–H groups in total. The van der Waals surface area contributed by atoms with Crippen molar-refractivity contribution < 1.29 is 9.84 Å². The maximum atomic E-state index is 9.58. The first-order valence-electron chi connectivity index (χ1n) is 5.17. The van der Waals surface area contributed by atoms with E-state index in [1.807, 2.05) is 31.2 Å². The summed E-state index contributed by atoms with van der Waals surface area (Å²) >= 11 is 0. The normalized spacial score (nSPS) is 26.4. The first-order chi connectivity index (χ1) is 6.75. The fourth-order valence-corrected chi connectivity index (χ4v) is 1.84. The lowest BCUT2D eigenvalue weighted by molar-refractivity contribution is 0.0604. The van der Waals surface area contributed by atoms with Gasteiger partial charge in [0.2, 0.25) is 0 Å². The lowest BCUT2D eigenvalue weighted by atomic mass is 10.2. The molecule has 0 aliphatic heterocycles. The lowest BCUT2D eigenvalue weighted by Crippen LogP contribution is -2.25. The summed E-state index contributed by atoms with van der Waals surface area (Å²) in [5.74, 6) is 0.863. The molecule has 2 nitrogen and oxygen atoms in total. The Balaban J connectivity index is 2.00. The van der Waals surface area contributed by atoms with Crippen LogP contribution in [0.1, 0.15) is 24.8 Å². The zero-order chi connectivity index (χ0) is 9.97. The zero-order valence-corrected chi connectivity index (χ0v) is 8.44. The highest BCUT2D eigenvalue weighted by molar-refractivity contribution is 5.26. The van der Waals surface area contributed by atoms with E-state index in [1.54, 1.807) is 0 Å². The van der Waals surface area contributed by atoms with Gasteiger partial charge >= 0.3 is 0 Å². The van der Waals surface area contributed by atoms with E-state index in [4.69, 9.17) is 4.74 Å². The Hall–Kier alpha value is -1.02. The Labute approximate surface area is 84.5 Å². The van der Waals surface area contributed by atoms with Gasteiger partial charge in [0.15, 0.2) is 0 Å². The van der Waals surface area contributed by atoms with E-state index in [-0.39, 0.29) is 12.2 Å². The van der Waals surface area contributed by atoms with Crippen LogP contribution in [0, 0.1) is 6.92 Å². The number of ether oxygens (including phenoxy) is 1. The summed E-state index contributed by atoms with van der Waals surface area (Å²) in [6.07, 6.45) is 2.62. The standard InChI is InChI=1S/C12H16O2/c1-9-5-7-10(8-6-9)14-12-4-2-3-11(12)13/h5-8,11-13H,2-4H2,1H3. The molecule has 0 bridgehead atoms. The molecule has 1 aromatic rings. The van der Waals surface area contributed by atoms with E-state index in [0.29, 0.717) is 0 Å². The quantitative estimate of drug-likeness (QED) is 0.779. The van der Waals surface area contributed by atoms with Gasteiger partial charge in [0.25, 0.3) is 0 Å². The molecule has 0 heterocycles. The molecule has 0 aromatic heterocycles. The number of hydrogen-bond acceptors (Lipinski definition) is 2. The Morgan fingerprint density at radius 3 is 2.50 bits per heavy atom. The summed E-state index contributed by atoms with van der Waals surface area (Å²) in [7, 11) is 0. The van der Waals surface area contributed by atoms with Crippen LogP contribution in [-0.4, -0.2) is 17.3 Å². The fraction of sp³-hybridized carbons (Fsp3) is 0.500. The molecule has 1 aromatic carbocycles. The van der Waals surface area contributed by atoms with E-state index < -0.39 is 0 Å². The molecule has 0 radical (unpaired) electrons. The molecule has 1 aliphatic rings. The summed E-state index contributed by atoms with van der Waals surface area (Å²) in [6, 6.07) is 7.97. The zero-order valence-electron chi connectivity index (χ0n) is 8.44. The summed E-state index contributed by atoms with van der Waals surface area (Å²) in [5.41, 5.74) is 1.23. The highest BCUT2D eigenvalue weighted by Crippen LogP contribution is 2.24. The number of aliphatic hydroxyl groups excluding tert-OH is 1. The Morgan fingerprint density at radius 2 is 1.93 bits per heavy atom. The lowest BCUT2D eigenvalue weighted by Gasteiger charge is -2.16. The molecule has 2 heteroatoms. The highest BCUT2D eigenvalue weighted by atomic mass is 16.5. The van der Waals surface area contributed by atoms with E-state index in [0.717, 1.165) is 25.0 Å². The van der Waals surface area contributed by atoms with Crippen molar-refractivity contribution in [2.75, 3.05) is 0 Å². The minimum absolute atomic E-state index is 0.00212. The Bertz CT molecular complexity index is 292. The van der Waals surface area contributed by atoms with Gasteiger partial charge in [0, 0.05) is 0 Å². The molecule has 0 spiro atoms. The molecular weight excluding hydrogens is 176 g/mol. The number of benzene rings is 1. The van der Waals surface area contributed by atoms with Gasteiger partial charge < -0.3 is 9.84 Å². The molecular formula is C12H16O2. The second-order valence-corrected chi connectivity index (χ2v) is 3.97. The third kappa shape index (κ3) is 2.07. The predicted molar refractivity (Wildman–Crippen MR) is 55.5 cm³/mol. The second kappa shape index (κ2) is 4.01. The van der Waals surface area contributed by atoms with Gasteiger partial charge in [-0.15, -0.1) is 0 Å². The van der Waals surface area contributed by atoms with Gasteiger partial charge in [0.1, 0.15) is 11.9 Å².